The molecule has 1 heterocycles. The fourth-order valence-corrected chi connectivity index (χ4v) is 5.10. The molecular weight excluding hydrogens is 240 g/mol. The molecule has 0 radical (unpaired) electrons. The van der Waals surface area contributed by atoms with Crippen molar-refractivity contribution >= 4 is 11.3 Å². The molecule has 0 aliphatic heterocycles. The van der Waals surface area contributed by atoms with E-state index in [2.05, 4.69) is 31.9 Å². The standard InChI is InChI=1S/C16H22OS/c1-11-4-6-12(7-5-11)16(17)13-8-9-18-14(13)10-15(16,2)3/h8-9,12,17H,1,4-7,10H2,2-3H3. The van der Waals surface area contributed by atoms with Crippen LogP contribution in [0, 0.1) is 11.3 Å². The van der Waals surface area contributed by atoms with Crippen molar-refractivity contribution in [3.63, 3.8) is 0 Å². The first-order valence-corrected chi connectivity index (χ1v) is 7.79. The van der Waals surface area contributed by atoms with Crippen LogP contribution in [-0.2, 0) is 12.0 Å². The van der Waals surface area contributed by atoms with Crippen molar-refractivity contribution in [1.82, 2.24) is 0 Å². The number of thiophene rings is 1. The molecule has 1 atom stereocenters. The van der Waals surface area contributed by atoms with Gasteiger partial charge < -0.3 is 5.11 Å². The number of hydrogen-bond acceptors (Lipinski definition) is 2. The Bertz CT molecular complexity index is 475. The van der Waals surface area contributed by atoms with Gasteiger partial charge in [-0.05, 0) is 55.0 Å². The summed E-state index contributed by atoms with van der Waals surface area (Å²) < 4.78 is 0. The molecule has 98 valence electrons. The van der Waals surface area contributed by atoms with Crippen LogP contribution < -0.4 is 0 Å². The van der Waals surface area contributed by atoms with Gasteiger partial charge in [-0.15, -0.1) is 11.3 Å². The van der Waals surface area contributed by atoms with Crippen molar-refractivity contribution in [2.24, 2.45) is 11.3 Å². The summed E-state index contributed by atoms with van der Waals surface area (Å²) in [6.07, 6.45) is 5.38. The third kappa shape index (κ3) is 1.55. The summed E-state index contributed by atoms with van der Waals surface area (Å²) in [6, 6.07) is 2.15. The Balaban J connectivity index is 1.99. The van der Waals surface area contributed by atoms with Gasteiger partial charge in [-0.2, -0.15) is 0 Å². The second-order valence-electron chi connectivity index (χ2n) is 6.61. The third-order valence-electron chi connectivity index (χ3n) is 5.07. The van der Waals surface area contributed by atoms with E-state index in [0.29, 0.717) is 5.92 Å². The molecule has 1 fully saturated rings. The zero-order valence-electron chi connectivity index (χ0n) is 11.3. The predicted molar refractivity (Wildman–Crippen MR) is 76.8 cm³/mol. The van der Waals surface area contributed by atoms with Crippen molar-refractivity contribution in [3.05, 3.63) is 34.0 Å². The molecule has 1 nitrogen and oxygen atoms in total. The first-order valence-electron chi connectivity index (χ1n) is 6.91. The van der Waals surface area contributed by atoms with Gasteiger partial charge >= 0.3 is 0 Å². The Morgan fingerprint density at radius 2 is 2.00 bits per heavy atom. The van der Waals surface area contributed by atoms with Gasteiger partial charge in [0.2, 0.25) is 0 Å². The van der Waals surface area contributed by atoms with E-state index in [4.69, 9.17) is 0 Å². The fraction of sp³-hybridized carbons (Fsp3) is 0.625. The molecule has 0 saturated heterocycles. The summed E-state index contributed by atoms with van der Waals surface area (Å²) in [6.45, 7) is 8.54. The first-order chi connectivity index (χ1) is 8.45. The predicted octanol–water partition coefficient (Wildman–Crippen LogP) is 4.26. The number of fused-ring (bicyclic) bond motifs is 1. The smallest absolute Gasteiger partial charge is 0.0989 e. The lowest BCUT2D eigenvalue weighted by Gasteiger charge is -2.45. The molecule has 2 heteroatoms. The first kappa shape index (κ1) is 12.4. The lowest BCUT2D eigenvalue weighted by atomic mass is 9.64. The Morgan fingerprint density at radius 3 is 2.67 bits per heavy atom. The van der Waals surface area contributed by atoms with Crippen molar-refractivity contribution in [2.75, 3.05) is 0 Å². The van der Waals surface area contributed by atoms with E-state index in [1.807, 2.05) is 0 Å². The van der Waals surface area contributed by atoms with Crippen LogP contribution in [-0.4, -0.2) is 5.11 Å². The normalized spacial score (nSPS) is 31.6. The minimum atomic E-state index is -0.622. The maximum Gasteiger partial charge on any atom is 0.0989 e. The van der Waals surface area contributed by atoms with Crippen LogP contribution in [0.15, 0.2) is 23.6 Å². The Labute approximate surface area is 114 Å². The molecule has 0 bridgehead atoms. The quantitative estimate of drug-likeness (QED) is 0.750. The molecular formula is C16H22OS. The minimum Gasteiger partial charge on any atom is -0.384 e. The molecule has 0 spiro atoms. The van der Waals surface area contributed by atoms with Crippen molar-refractivity contribution in [1.29, 1.82) is 0 Å². The maximum atomic E-state index is 11.4. The molecule has 2 aliphatic carbocycles. The fourth-order valence-electron chi connectivity index (χ4n) is 3.93. The molecule has 1 aromatic heterocycles. The van der Waals surface area contributed by atoms with E-state index in [-0.39, 0.29) is 5.41 Å². The highest BCUT2D eigenvalue weighted by Crippen LogP contribution is 2.58. The van der Waals surface area contributed by atoms with Crippen LogP contribution in [0.25, 0.3) is 0 Å². The molecule has 1 N–H and O–H groups in total. The van der Waals surface area contributed by atoms with E-state index in [0.717, 1.165) is 32.1 Å². The zero-order valence-corrected chi connectivity index (χ0v) is 12.1. The van der Waals surface area contributed by atoms with E-state index in [9.17, 15) is 5.11 Å². The highest BCUT2D eigenvalue weighted by molar-refractivity contribution is 7.10. The maximum absolute atomic E-state index is 11.4. The third-order valence-corrected chi connectivity index (χ3v) is 5.99. The van der Waals surface area contributed by atoms with Gasteiger partial charge in [0.15, 0.2) is 0 Å². The van der Waals surface area contributed by atoms with Gasteiger partial charge in [-0.1, -0.05) is 26.0 Å². The van der Waals surface area contributed by atoms with Gasteiger partial charge in [0.25, 0.3) is 0 Å². The van der Waals surface area contributed by atoms with Gasteiger partial charge in [-0.3, -0.25) is 0 Å². The second-order valence-corrected chi connectivity index (χ2v) is 7.61. The van der Waals surface area contributed by atoms with Crippen molar-refractivity contribution in [2.45, 2.75) is 51.6 Å². The average Bonchev–Trinajstić information content (AvgIpc) is 2.82. The molecule has 1 aromatic rings. The van der Waals surface area contributed by atoms with E-state index in [1.54, 1.807) is 11.3 Å². The monoisotopic (exact) mass is 262 g/mol. The SMILES string of the molecule is C=C1CCC(C2(O)c3ccsc3CC2(C)C)CC1. The van der Waals surface area contributed by atoms with Crippen LogP contribution in [0.1, 0.15) is 50.0 Å². The Kier molecular flexibility index (Phi) is 2.73. The topological polar surface area (TPSA) is 20.2 Å². The molecule has 0 aromatic carbocycles. The molecule has 3 rings (SSSR count). The highest BCUT2D eigenvalue weighted by atomic mass is 32.1. The van der Waals surface area contributed by atoms with Gasteiger partial charge in [0.1, 0.15) is 0 Å². The van der Waals surface area contributed by atoms with Crippen LogP contribution in [0.4, 0.5) is 0 Å². The van der Waals surface area contributed by atoms with Gasteiger partial charge in [-0.25, -0.2) is 0 Å². The van der Waals surface area contributed by atoms with Crippen molar-refractivity contribution in [3.8, 4) is 0 Å². The summed E-state index contributed by atoms with van der Waals surface area (Å²) in [5.41, 5.74) is 1.92. The van der Waals surface area contributed by atoms with E-state index in [1.165, 1.54) is 16.0 Å². The van der Waals surface area contributed by atoms with E-state index >= 15 is 0 Å². The largest absolute Gasteiger partial charge is 0.384 e. The summed E-state index contributed by atoms with van der Waals surface area (Å²) >= 11 is 1.80. The number of allylic oxidation sites excluding steroid dienone is 1. The zero-order chi connectivity index (χ0) is 13.0. The summed E-state index contributed by atoms with van der Waals surface area (Å²) in [4.78, 5) is 1.40. The average molecular weight is 262 g/mol. The summed E-state index contributed by atoms with van der Waals surface area (Å²) in [7, 11) is 0. The molecule has 2 aliphatic rings. The molecule has 1 unspecified atom stereocenters. The van der Waals surface area contributed by atoms with Gasteiger partial charge in [0.05, 0.1) is 5.60 Å². The Morgan fingerprint density at radius 1 is 1.33 bits per heavy atom. The van der Waals surface area contributed by atoms with Crippen LogP contribution in [0.2, 0.25) is 0 Å². The lowest BCUT2D eigenvalue weighted by Crippen LogP contribution is -2.45. The second kappa shape index (κ2) is 3.94. The molecule has 18 heavy (non-hydrogen) atoms. The van der Waals surface area contributed by atoms with Crippen molar-refractivity contribution < 1.29 is 5.11 Å². The number of rotatable bonds is 1. The number of hydrogen-bond donors (Lipinski definition) is 1. The Hall–Kier alpha value is -0.600. The number of aliphatic hydroxyl groups is 1. The lowest BCUT2D eigenvalue weighted by molar-refractivity contribution is -0.115. The highest BCUT2D eigenvalue weighted by Gasteiger charge is 2.56. The van der Waals surface area contributed by atoms with Crippen LogP contribution >= 0.6 is 11.3 Å². The van der Waals surface area contributed by atoms with Crippen LogP contribution in [0.3, 0.4) is 0 Å². The molecule has 1 saturated carbocycles. The minimum absolute atomic E-state index is 0.0290. The van der Waals surface area contributed by atoms with Crippen LogP contribution in [0.5, 0.6) is 0 Å². The summed E-state index contributed by atoms with van der Waals surface area (Å²) in [5.74, 6) is 0.397. The summed E-state index contributed by atoms with van der Waals surface area (Å²) in [5, 5.41) is 13.6. The van der Waals surface area contributed by atoms with E-state index < -0.39 is 5.60 Å². The molecule has 0 amide bonds. The van der Waals surface area contributed by atoms with Gasteiger partial charge in [0, 0.05) is 10.3 Å².